The van der Waals surface area contributed by atoms with Gasteiger partial charge in [0.15, 0.2) is 11.6 Å². The number of benzene rings is 2. The normalized spacial score (nSPS) is 17.9. The number of anilines is 1. The van der Waals surface area contributed by atoms with Crippen molar-refractivity contribution in [2.45, 2.75) is 32.7 Å². The van der Waals surface area contributed by atoms with Crippen molar-refractivity contribution in [1.82, 2.24) is 5.32 Å². The van der Waals surface area contributed by atoms with Crippen LogP contribution in [-0.2, 0) is 16.0 Å². The van der Waals surface area contributed by atoms with Crippen LogP contribution in [0.25, 0.3) is 0 Å². The second-order valence-electron chi connectivity index (χ2n) is 6.83. The third-order valence-corrected chi connectivity index (χ3v) is 4.93. The predicted octanol–water partition coefficient (Wildman–Crippen LogP) is 3.76. The molecule has 0 bridgehead atoms. The van der Waals surface area contributed by atoms with Gasteiger partial charge in [-0.25, -0.2) is 8.78 Å². The Morgan fingerprint density at radius 1 is 1.22 bits per heavy atom. The minimum Gasteiger partial charge on any atom is -0.349 e. The zero-order chi connectivity index (χ0) is 19.6. The quantitative estimate of drug-likeness (QED) is 0.869. The van der Waals surface area contributed by atoms with Crippen LogP contribution in [0.3, 0.4) is 0 Å². The van der Waals surface area contributed by atoms with Crippen LogP contribution in [-0.4, -0.2) is 18.4 Å². The van der Waals surface area contributed by atoms with E-state index >= 15 is 0 Å². The highest BCUT2D eigenvalue weighted by atomic mass is 19.2. The van der Waals surface area contributed by atoms with Gasteiger partial charge in [0.2, 0.25) is 11.8 Å². The molecule has 2 amide bonds. The molecule has 142 valence electrons. The summed E-state index contributed by atoms with van der Waals surface area (Å²) in [7, 11) is 0. The van der Waals surface area contributed by atoms with E-state index in [2.05, 4.69) is 5.32 Å². The molecular weight excluding hydrogens is 350 g/mol. The summed E-state index contributed by atoms with van der Waals surface area (Å²) < 4.78 is 26.5. The summed E-state index contributed by atoms with van der Waals surface area (Å²) in [6.45, 7) is 4.05. The van der Waals surface area contributed by atoms with Gasteiger partial charge in [0.25, 0.3) is 0 Å². The van der Waals surface area contributed by atoms with Gasteiger partial charge >= 0.3 is 0 Å². The molecule has 1 aliphatic rings. The molecule has 1 fully saturated rings. The van der Waals surface area contributed by atoms with Gasteiger partial charge in [0.05, 0.1) is 12.0 Å². The van der Waals surface area contributed by atoms with Crippen molar-refractivity contribution in [2.75, 3.05) is 11.4 Å². The molecule has 2 aromatic rings. The summed E-state index contributed by atoms with van der Waals surface area (Å²) in [4.78, 5) is 26.6. The van der Waals surface area contributed by atoms with Gasteiger partial charge in [-0.05, 0) is 48.7 Å². The summed E-state index contributed by atoms with van der Waals surface area (Å²) in [5.74, 6) is -2.72. The molecule has 1 N–H and O–H groups in total. The maximum atomic E-state index is 13.4. The largest absolute Gasteiger partial charge is 0.349 e. The molecule has 0 unspecified atom stereocenters. The monoisotopic (exact) mass is 372 g/mol. The first-order chi connectivity index (χ1) is 12.9. The van der Waals surface area contributed by atoms with E-state index in [0.717, 1.165) is 29.8 Å². The maximum Gasteiger partial charge on any atom is 0.227 e. The Morgan fingerprint density at radius 3 is 2.70 bits per heavy atom. The first-order valence-electron chi connectivity index (χ1n) is 9.03. The van der Waals surface area contributed by atoms with Gasteiger partial charge < -0.3 is 10.2 Å². The number of nitrogens with zero attached hydrogens (tertiary/aromatic N) is 1. The van der Waals surface area contributed by atoms with E-state index in [-0.39, 0.29) is 18.2 Å². The van der Waals surface area contributed by atoms with Crippen LogP contribution in [0.2, 0.25) is 0 Å². The Labute approximate surface area is 157 Å². The molecule has 1 aliphatic heterocycles. The van der Waals surface area contributed by atoms with Crippen LogP contribution in [0, 0.1) is 17.6 Å². The number of carbonyl (C=O) groups excluding carboxylic acids is 2. The second kappa shape index (κ2) is 7.86. The molecule has 6 heteroatoms. The number of carbonyl (C=O) groups is 2. The standard InChI is InChI=1S/C21H22F2N2O2/c1-3-14-5-4-6-17(9-14)25-12-16(11-20(25)26)21(27)24-13(2)15-7-8-18(22)19(23)10-15/h4-10,13,16H,3,11-12H2,1-2H3,(H,24,27)/t13-,16-/m1/s1. The fourth-order valence-electron chi connectivity index (χ4n) is 3.27. The summed E-state index contributed by atoms with van der Waals surface area (Å²) in [6, 6.07) is 10.8. The van der Waals surface area contributed by atoms with Crippen LogP contribution in [0.15, 0.2) is 42.5 Å². The number of amides is 2. The predicted molar refractivity (Wildman–Crippen MR) is 99.2 cm³/mol. The molecule has 27 heavy (non-hydrogen) atoms. The molecule has 2 atom stereocenters. The maximum absolute atomic E-state index is 13.4. The average molecular weight is 372 g/mol. The highest BCUT2D eigenvalue weighted by Gasteiger charge is 2.35. The van der Waals surface area contributed by atoms with E-state index in [9.17, 15) is 18.4 Å². The molecule has 0 aromatic heterocycles. The summed E-state index contributed by atoms with van der Waals surface area (Å²) >= 11 is 0. The number of nitrogens with one attached hydrogen (secondary N) is 1. The Hall–Kier alpha value is -2.76. The minimum absolute atomic E-state index is 0.0936. The molecule has 0 saturated carbocycles. The Balaban J connectivity index is 1.67. The van der Waals surface area contributed by atoms with Crippen LogP contribution >= 0.6 is 0 Å². The van der Waals surface area contributed by atoms with Gasteiger partial charge in [-0.1, -0.05) is 25.1 Å². The Bertz CT molecular complexity index is 869. The number of aryl methyl sites for hydroxylation is 1. The van der Waals surface area contributed by atoms with Crippen LogP contribution in [0.5, 0.6) is 0 Å². The topological polar surface area (TPSA) is 49.4 Å². The highest BCUT2D eigenvalue weighted by molar-refractivity contribution is 6.00. The summed E-state index contributed by atoms with van der Waals surface area (Å²) in [5, 5.41) is 2.79. The van der Waals surface area contributed by atoms with Crippen molar-refractivity contribution in [3.05, 3.63) is 65.2 Å². The average Bonchev–Trinajstić information content (AvgIpc) is 3.05. The third kappa shape index (κ3) is 4.15. The van der Waals surface area contributed by atoms with Crippen LogP contribution in [0.1, 0.15) is 37.4 Å². The minimum atomic E-state index is -0.952. The highest BCUT2D eigenvalue weighted by Crippen LogP contribution is 2.27. The second-order valence-corrected chi connectivity index (χ2v) is 6.83. The Morgan fingerprint density at radius 2 is 2.00 bits per heavy atom. The van der Waals surface area contributed by atoms with Gasteiger partial charge in [0, 0.05) is 18.7 Å². The van der Waals surface area contributed by atoms with E-state index in [1.807, 2.05) is 31.2 Å². The molecule has 4 nitrogen and oxygen atoms in total. The van der Waals surface area contributed by atoms with Crippen molar-refractivity contribution in [1.29, 1.82) is 0 Å². The smallest absolute Gasteiger partial charge is 0.227 e. The molecule has 2 aromatic carbocycles. The molecule has 0 radical (unpaired) electrons. The lowest BCUT2D eigenvalue weighted by Gasteiger charge is -2.19. The van der Waals surface area contributed by atoms with Crippen molar-refractivity contribution in [3.63, 3.8) is 0 Å². The lowest BCUT2D eigenvalue weighted by atomic mass is 10.0. The summed E-state index contributed by atoms with van der Waals surface area (Å²) in [5.41, 5.74) is 2.39. The molecule has 1 heterocycles. The van der Waals surface area contributed by atoms with Gasteiger partial charge in [-0.2, -0.15) is 0 Å². The van der Waals surface area contributed by atoms with Gasteiger partial charge in [-0.3, -0.25) is 9.59 Å². The van der Waals surface area contributed by atoms with E-state index < -0.39 is 23.6 Å². The van der Waals surface area contributed by atoms with Gasteiger partial charge in [-0.15, -0.1) is 0 Å². The van der Waals surface area contributed by atoms with Crippen LogP contribution < -0.4 is 10.2 Å². The summed E-state index contributed by atoms with van der Waals surface area (Å²) in [6.07, 6.45) is 0.998. The lowest BCUT2D eigenvalue weighted by molar-refractivity contribution is -0.126. The number of halogens is 2. The van der Waals surface area contributed by atoms with Crippen molar-refractivity contribution in [3.8, 4) is 0 Å². The molecular formula is C21H22F2N2O2. The van der Waals surface area contributed by atoms with Crippen molar-refractivity contribution < 1.29 is 18.4 Å². The van der Waals surface area contributed by atoms with E-state index in [1.54, 1.807) is 11.8 Å². The fourth-order valence-corrected chi connectivity index (χ4v) is 3.27. The molecule has 3 rings (SSSR count). The van der Waals surface area contributed by atoms with Crippen molar-refractivity contribution in [2.24, 2.45) is 5.92 Å². The Kier molecular flexibility index (Phi) is 5.54. The third-order valence-electron chi connectivity index (χ3n) is 4.93. The zero-order valence-corrected chi connectivity index (χ0v) is 15.3. The van der Waals surface area contributed by atoms with Crippen molar-refractivity contribution >= 4 is 17.5 Å². The number of hydrogen-bond acceptors (Lipinski definition) is 2. The van der Waals surface area contributed by atoms with E-state index in [1.165, 1.54) is 6.07 Å². The van der Waals surface area contributed by atoms with Gasteiger partial charge in [0.1, 0.15) is 0 Å². The van der Waals surface area contributed by atoms with E-state index in [0.29, 0.717) is 12.1 Å². The zero-order valence-electron chi connectivity index (χ0n) is 15.3. The molecule has 0 spiro atoms. The van der Waals surface area contributed by atoms with E-state index in [4.69, 9.17) is 0 Å². The SMILES string of the molecule is CCc1cccc(N2C[C@H](C(=O)N[C@H](C)c3ccc(F)c(F)c3)CC2=O)c1. The lowest BCUT2D eigenvalue weighted by Crippen LogP contribution is -2.34. The fraction of sp³-hybridized carbons (Fsp3) is 0.333. The first kappa shape index (κ1) is 19.0. The molecule has 0 aliphatic carbocycles. The first-order valence-corrected chi connectivity index (χ1v) is 9.03. The number of rotatable bonds is 5. The molecule has 1 saturated heterocycles. The number of hydrogen-bond donors (Lipinski definition) is 1. The van der Waals surface area contributed by atoms with Crippen LogP contribution in [0.4, 0.5) is 14.5 Å².